The molecule has 0 N–H and O–H groups in total. The average molecular weight is 527 g/mol. The minimum Gasteiger partial charge on any atom is -0.427 e. The average Bonchev–Trinajstić information content (AvgIpc) is 2.93. The number of carbonyl (C=O) groups is 4. The predicted octanol–water partition coefficient (Wildman–Crippen LogP) is 5.56. The van der Waals surface area contributed by atoms with Gasteiger partial charge in [0.15, 0.2) is 11.5 Å². The van der Waals surface area contributed by atoms with Gasteiger partial charge in [0.1, 0.15) is 11.5 Å². The van der Waals surface area contributed by atoms with Gasteiger partial charge in [-0.15, -0.1) is 0 Å². The first-order valence-electron chi connectivity index (χ1n) is 11.8. The van der Waals surface area contributed by atoms with Gasteiger partial charge in [-0.1, -0.05) is 50.1 Å². The van der Waals surface area contributed by atoms with Gasteiger partial charge in [-0.2, -0.15) is 0 Å². The van der Waals surface area contributed by atoms with Crippen molar-refractivity contribution in [1.82, 2.24) is 0 Å². The molecule has 0 heterocycles. The molecule has 0 saturated heterocycles. The summed E-state index contributed by atoms with van der Waals surface area (Å²) in [7, 11) is 0. The molecule has 8 nitrogen and oxygen atoms in total. The summed E-state index contributed by atoms with van der Waals surface area (Å²) in [6, 6.07) is 18.3. The molecule has 0 amide bonds. The zero-order chi connectivity index (χ0) is 28.4. The highest BCUT2D eigenvalue weighted by Gasteiger charge is 2.15. The van der Waals surface area contributed by atoms with Gasteiger partial charge in [0.25, 0.3) is 0 Å². The van der Waals surface area contributed by atoms with Crippen LogP contribution >= 0.6 is 0 Å². The Labute approximate surface area is 225 Å². The number of ether oxygens (including phenoxy) is 4. The van der Waals surface area contributed by atoms with E-state index in [1.807, 2.05) is 0 Å². The summed E-state index contributed by atoms with van der Waals surface area (Å²) in [5.74, 6) is -1.48. The van der Waals surface area contributed by atoms with Gasteiger partial charge in [-0.25, -0.2) is 14.4 Å². The van der Waals surface area contributed by atoms with E-state index in [1.165, 1.54) is 13.0 Å². The number of hydrogen-bond acceptors (Lipinski definition) is 8. The van der Waals surface area contributed by atoms with E-state index in [0.717, 1.165) is 23.3 Å². The molecule has 8 heteroatoms. The van der Waals surface area contributed by atoms with Crippen molar-refractivity contribution in [3.63, 3.8) is 0 Å². The lowest BCUT2D eigenvalue weighted by Gasteiger charge is -2.12. The van der Waals surface area contributed by atoms with Gasteiger partial charge < -0.3 is 18.9 Å². The van der Waals surface area contributed by atoms with E-state index in [2.05, 4.69) is 19.7 Å². The molecular weight excluding hydrogens is 500 g/mol. The van der Waals surface area contributed by atoms with Gasteiger partial charge in [0.2, 0.25) is 0 Å². The highest BCUT2D eigenvalue weighted by Crippen LogP contribution is 2.34. The summed E-state index contributed by atoms with van der Waals surface area (Å²) >= 11 is 0. The van der Waals surface area contributed by atoms with Crippen molar-refractivity contribution in [2.45, 2.75) is 19.8 Å². The normalized spacial score (nSPS) is 10.1. The molecule has 0 aliphatic carbocycles. The molecule has 0 fully saturated rings. The zero-order valence-corrected chi connectivity index (χ0v) is 21.3. The number of rotatable bonds is 11. The fourth-order valence-electron chi connectivity index (χ4n) is 3.22. The molecule has 3 aromatic carbocycles. The Morgan fingerprint density at radius 1 is 0.692 bits per heavy atom. The lowest BCUT2D eigenvalue weighted by Crippen LogP contribution is -2.11. The second-order valence-corrected chi connectivity index (χ2v) is 8.22. The third-order valence-electron chi connectivity index (χ3n) is 5.22. The number of hydrogen-bond donors (Lipinski definition) is 0. The second-order valence-electron chi connectivity index (χ2n) is 8.22. The first-order valence-corrected chi connectivity index (χ1v) is 11.8. The topological polar surface area (TPSA) is 105 Å². The van der Waals surface area contributed by atoms with Crippen molar-refractivity contribution < 1.29 is 38.1 Å². The molecule has 0 aliphatic heterocycles. The minimum absolute atomic E-state index is 0.0365. The second kappa shape index (κ2) is 13.3. The molecule has 0 unspecified atom stereocenters. The number of aryl methyl sites for hydroxylation is 1. The highest BCUT2D eigenvalue weighted by molar-refractivity contribution is 5.90. The van der Waals surface area contributed by atoms with E-state index in [0.29, 0.717) is 23.5 Å². The zero-order valence-electron chi connectivity index (χ0n) is 21.3. The van der Waals surface area contributed by atoms with Crippen LogP contribution in [-0.2, 0) is 25.6 Å². The van der Waals surface area contributed by atoms with Crippen LogP contribution in [0.25, 0.3) is 11.1 Å². The standard InChI is InChI=1S/C31H26O8/c1-5-28(32)36-24-13-7-21(8-14-24)9-18-30(34)37-25-15-10-22(11-16-25)23-12-17-26(39-31(35)20(3)4)27(19-23)38-29(33)6-2/h5-8,10-17,19H,1-3,9,18H2,4H3. The maximum absolute atomic E-state index is 12.3. The van der Waals surface area contributed by atoms with Crippen LogP contribution in [0.15, 0.2) is 104 Å². The van der Waals surface area contributed by atoms with Crippen molar-refractivity contribution in [2.24, 2.45) is 0 Å². The lowest BCUT2D eigenvalue weighted by atomic mass is 10.0. The maximum Gasteiger partial charge on any atom is 0.338 e. The molecule has 0 aliphatic rings. The molecule has 0 atom stereocenters. The third-order valence-corrected chi connectivity index (χ3v) is 5.22. The Kier molecular flexibility index (Phi) is 9.70. The fourth-order valence-corrected chi connectivity index (χ4v) is 3.22. The molecule has 3 rings (SSSR count). The van der Waals surface area contributed by atoms with Crippen molar-refractivity contribution >= 4 is 23.9 Å². The van der Waals surface area contributed by atoms with Gasteiger partial charge in [0.05, 0.1) is 0 Å². The largest absolute Gasteiger partial charge is 0.427 e. The summed E-state index contributed by atoms with van der Waals surface area (Å²) in [6.07, 6.45) is 2.67. The Morgan fingerprint density at radius 2 is 1.26 bits per heavy atom. The van der Waals surface area contributed by atoms with E-state index < -0.39 is 23.9 Å². The number of esters is 4. The van der Waals surface area contributed by atoms with Crippen LogP contribution in [-0.4, -0.2) is 23.9 Å². The van der Waals surface area contributed by atoms with Crippen LogP contribution in [0.3, 0.4) is 0 Å². The van der Waals surface area contributed by atoms with Crippen molar-refractivity contribution in [1.29, 1.82) is 0 Å². The van der Waals surface area contributed by atoms with Gasteiger partial charge >= 0.3 is 23.9 Å². The Balaban J connectivity index is 1.64. The summed E-state index contributed by atoms with van der Waals surface area (Å²) in [5, 5.41) is 0. The van der Waals surface area contributed by atoms with Crippen molar-refractivity contribution in [3.8, 4) is 34.1 Å². The number of carbonyl (C=O) groups excluding carboxylic acids is 4. The maximum atomic E-state index is 12.3. The predicted molar refractivity (Wildman–Crippen MR) is 144 cm³/mol. The van der Waals surface area contributed by atoms with Crippen LogP contribution in [0.2, 0.25) is 0 Å². The van der Waals surface area contributed by atoms with E-state index >= 15 is 0 Å². The molecule has 3 aromatic rings. The minimum atomic E-state index is -0.714. The number of benzene rings is 3. The van der Waals surface area contributed by atoms with E-state index in [4.69, 9.17) is 18.9 Å². The van der Waals surface area contributed by atoms with Crippen LogP contribution in [0.4, 0.5) is 0 Å². The molecule has 0 radical (unpaired) electrons. The first kappa shape index (κ1) is 28.3. The highest BCUT2D eigenvalue weighted by atomic mass is 16.6. The van der Waals surface area contributed by atoms with Crippen molar-refractivity contribution in [2.75, 3.05) is 0 Å². The lowest BCUT2D eigenvalue weighted by molar-refractivity contribution is -0.134. The van der Waals surface area contributed by atoms with Crippen molar-refractivity contribution in [3.05, 3.63) is 110 Å². The Bertz CT molecular complexity index is 1420. The molecule has 0 saturated carbocycles. The molecule has 198 valence electrons. The molecular formula is C31H26O8. The Morgan fingerprint density at radius 3 is 1.87 bits per heavy atom. The summed E-state index contributed by atoms with van der Waals surface area (Å²) in [4.78, 5) is 47.3. The van der Waals surface area contributed by atoms with Gasteiger partial charge in [-0.3, -0.25) is 4.79 Å². The van der Waals surface area contributed by atoms with E-state index in [1.54, 1.807) is 60.7 Å². The van der Waals surface area contributed by atoms with Gasteiger partial charge in [-0.05, 0) is 66.4 Å². The third kappa shape index (κ3) is 8.40. The molecule has 0 bridgehead atoms. The van der Waals surface area contributed by atoms with Crippen LogP contribution in [0, 0.1) is 0 Å². The van der Waals surface area contributed by atoms with E-state index in [-0.39, 0.29) is 23.5 Å². The molecule has 0 spiro atoms. The van der Waals surface area contributed by atoms with Crippen LogP contribution < -0.4 is 18.9 Å². The quantitative estimate of drug-likeness (QED) is 0.182. The SMILES string of the molecule is C=CC(=O)Oc1ccc(CCC(=O)Oc2ccc(-c3ccc(OC(=O)C(=C)C)c(OC(=O)C=C)c3)cc2)cc1. The fraction of sp³-hybridized carbons (Fsp3) is 0.0968. The first-order chi connectivity index (χ1) is 18.7. The molecule has 39 heavy (non-hydrogen) atoms. The summed E-state index contributed by atoms with van der Waals surface area (Å²) in [5.41, 5.74) is 2.47. The Hall–Kier alpha value is -5.24. The smallest absolute Gasteiger partial charge is 0.338 e. The van der Waals surface area contributed by atoms with Gasteiger partial charge in [0, 0.05) is 24.1 Å². The van der Waals surface area contributed by atoms with E-state index in [9.17, 15) is 19.2 Å². The van der Waals surface area contributed by atoms with Crippen LogP contribution in [0.1, 0.15) is 18.9 Å². The van der Waals surface area contributed by atoms with Crippen LogP contribution in [0.5, 0.6) is 23.0 Å². The summed E-state index contributed by atoms with van der Waals surface area (Å²) < 4.78 is 21.0. The molecule has 0 aromatic heterocycles. The monoisotopic (exact) mass is 526 g/mol. The summed E-state index contributed by atoms with van der Waals surface area (Å²) in [6.45, 7) is 11.8.